The first-order valence-corrected chi connectivity index (χ1v) is 15.1. The second-order valence-corrected chi connectivity index (χ2v) is 11.8. The Labute approximate surface area is 279 Å². The van der Waals surface area contributed by atoms with Crippen LogP contribution in [0.15, 0.2) is 85.1 Å². The molecule has 0 aliphatic carbocycles. The summed E-state index contributed by atoms with van der Waals surface area (Å²) in [6.45, 7) is 6.03. The molecule has 0 aliphatic rings. The van der Waals surface area contributed by atoms with Gasteiger partial charge in [-0.05, 0) is 41.3 Å². The molecule has 248 valence electrons. The fourth-order valence-corrected chi connectivity index (χ4v) is 5.08. The highest BCUT2D eigenvalue weighted by Crippen LogP contribution is 2.38. The molecule has 0 bridgehead atoms. The van der Waals surface area contributed by atoms with Crippen molar-refractivity contribution < 1.29 is 33.3 Å². The SMILES string of the molecule is COC(=O)c1cc(C(C)(C)C)cc(NC(=O)Nc2ccc(Oc3ccnc(Nc4cc(OC)cc(OC)c4)c3)c3ccccc23)c1OC. The van der Waals surface area contributed by atoms with E-state index in [-0.39, 0.29) is 16.7 Å². The van der Waals surface area contributed by atoms with Crippen molar-refractivity contribution in [3.05, 3.63) is 96.2 Å². The van der Waals surface area contributed by atoms with Gasteiger partial charge in [0.05, 0.1) is 39.8 Å². The van der Waals surface area contributed by atoms with Crippen molar-refractivity contribution in [1.82, 2.24) is 4.98 Å². The van der Waals surface area contributed by atoms with E-state index in [1.807, 2.05) is 57.2 Å². The van der Waals surface area contributed by atoms with Crippen LogP contribution in [0.25, 0.3) is 10.8 Å². The van der Waals surface area contributed by atoms with Gasteiger partial charge in [0, 0.05) is 46.9 Å². The number of amides is 2. The fraction of sp³-hybridized carbons (Fsp3) is 0.216. The predicted octanol–water partition coefficient (Wildman–Crippen LogP) is 8.52. The van der Waals surface area contributed by atoms with Crippen LogP contribution < -0.4 is 34.9 Å². The number of aromatic nitrogens is 1. The highest BCUT2D eigenvalue weighted by Gasteiger charge is 2.24. The van der Waals surface area contributed by atoms with Crippen LogP contribution in [0.5, 0.6) is 28.7 Å². The normalized spacial score (nSPS) is 11.0. The smallest absolute Gasteiger partial charge is 0.341 e. The Hall–Kier alpha value is -5.97. The average molecular weight is 651 g/mol. The van der Waals surface area contributed by atoms with E-state index in [2.05, 4.69) is 20.9 Å². The first-order valence-electron chi connectivity index (χ1n) is 15.1. The molecule has 0 aliphatic heterocycles. The molecule has 1 heterocycles. The lowest BCUT2D eigenvalue weighted by molar-refractivity contribution is 0.0597. The number of carbonyl (C=O) groups is 2. The maximum Gasteiger partial charge on any atom is 0.341 e. The molecule has 2 amide bonds. The third-order valence-electron chi connectivity index (χ3n) is 7.53. The Morgan fingerprint density at radius 1 is 0.708 bits per heavy atom. The van der Waals surface area contributed by atoms with E-state index in [4.69, 9.17) is 23.7 Å². The molecule has 3 N–H and O–H groups in total. The van der Waals surface area contributed by atoms with Crippen molar-refractivity contribution in [2.75, 3.05) is 44.4 Å². The molecule has 5 rings (SSSR count). The van der Waals surface area contributed by atoms with E-state index in [0.29, 0.717) is 40.2 Å². The molecule has 0 saturated heterocycles. The van der Waals surface area contributed by atoms with Gasteiger partial charge in [-0.1, -0.05) is 45.0 Å². The van der Waals surface area contributed by atoms with Gasteiger partial charge >= 0.3 is 12.0 Å². The van der Waals surface area contributed by atoms with E-state index in [0.717, 1.165) is 22.0 Å². The Kier molecular flexibility index (Phi) is 9.88. The van der Waals surface area contributed by atoms with Crippen LogP contribution in [-0.4, -0.2) is 45.4 Å². The van der Waals surface area contributed by atoms with Crippen molar-refractivity contribution >= 4 is 45.7 Å². The zero-order valence-corrected chi connectivity index (χ0v) is 27.9. The van der Waals surface area contributed by atoms with Gasteiger partial charge in [-0.2, -0.15) is 0 Å². The van der Waals surface area contributed by atoms with E-state index in [1.54, 1.807) is 62.9 Å². The molecule has 0 atom stereocenters. The molecule has 4 aromatic carbocycles. The van der Waals surface area contributed by atoms with Crippen molar-refractivity contribution in [3.8, 4) is 28.7 Å². The van der Waals surface area contributed by atoms with Gasteiger partial charge in [-0.25, -0.2) is 14.6 Å². The first kappa shape index (κ1) is 33.4. The van der Waals surface area contributed by atoms with Gasteiger partial charge in [0.15, 0.2) is 5.75 Å². The standard InChI is InChI=1S/C37H38N4O7/c1-37(2,3)22-16-29(35(42)47-7)34(46-6)31(17-22)41-36(43)40-30-12-13-32(28-11-9-8-10-27(28)30)48-24-14-15-38-33(21-24)39-23-18-25(44-4)20-26(19-23)45-5/h8-21H,1-7H3,(H,38,39)(H2,40,41,43). The molecule has 0 spiro atoms. The van der Waals surface area contributed by atoms with E-state index in [1.165, 1.54) is 14.2 Å². The molecule has 0 fully saturated rings. The molecule has 0 radical (unpaired) electrons. The molecule has 11 nitrogen and oxygen atoms in total. The van der Waals surface area contributed by atoms with Crippen LogP contribution in [0.2, 0.25) is 0 Å². The number of carbonyl (C=O) groups excluding carboxylic acids is 2. The maximum atomic E-state index is 13.4. The lowest BCUT2D eigenvalue weighted by Gasteiger charge is -2.23. The van der Waals surface area contributed by atoms with Crippen molar-refractivity contribution in [1.29, 1.82) is 0 Å². The number of ether oxygens (including phenoxy) is 5. The summed E-state index contributed by atoms with van der Waals surface area (Å²) in [6, 6.07) is 23.1. The summed E-state index contributed by atoms with van der Waals surface area (Å²) in [5.41, 5.74) is 2.35. The highest BCUT2D eigenvalue weighted by molar-refractivity contribution is 6.08. The number of esters is 1. The molecule has 0 saturated carbocycles. The van der Waals surface area contributed by atoms with Crippen molar-refractivity contribution in [3.63, 3.8) is 0 Å². The zero-order valence-electron chi connectivity index (χ0n) is 27.9. The minimum absolute atomic E-state index is 0.204. The van der Waals surface area contributed by atoms with Crippen LogP contribution in [0.1, 0.15) is 36.7 Å². The summed E-state index contributed by atoms with van der Waals surface area (Å²) in [5, 5.41) is 10.6. The molecular weight excluding hydrogens is 612 g/mol. The Bertz CT molecular complexity index is 1950. The molecule has 1 aromatic heterocycles. The number of benzene rings is 4. The van der Waals surface area contributed by atoms with Crippen LogP contribution in [0, 0.1) is 0 Å². The van der Waals surface area contributed by atoms with Crippen molar-refractivity contribution in [2.45, 2.75) is 26.2 Å². The largest absolute Gasteiger partial charge is 0.497 e. The van der Waals surface area contributed by atoms with E-state index < -0.39 is 12.0 Å². The summed E-state index contributed by atoms with van der Waals surface area (Å²) >= 11 is 0. The number of nitrogens with zero attached hydrogens (tertiary/aromatic N) is 1. The summed E-state index contributed by atoms with van der Waals surface area (Å²) in [7, 11) is 5.92. The van der Waals surface area contributed by atoms with Crippen LogP contribution in [-0.2, 0) is 10.2 Å². The molecule has 0 unspecified atom stereocenters. The molecular formula is C37H38N4O7. The quantitative estimate of drug-likeness (QED) is 0.127. The second-order valence-electron chi connectivity index (χ2n) is 11.8. The Morgan fingerprint density at radius 2 is 1.40 bits per heavy atom. The van der Waals surface area contributed by atoms with Gasteiger partial charge in [-0.15, -0.1) is 0 Å². The number of rotatable bonds is 10. The number of urea groups is 1. The third-order valence-corrected chi connectivity index (χ3v) is 7.53. The topological polar surface area (TPSA) is 129 Å². The number of anilines is 4. The van der Waals surface area contributed by atoms with Gasteiger partial charge in [-0.3, -0.25) is 0 Å². The van der Waals surface area contributed by atoms with Gasteiger partial charge in [0.25, 0.3) is 0 Å². The predicted molar refractivity (Wildman–Crippen MR) is 187 cm³/mol. The Morgan fingerprint density at radius 3 is 2.04 bits per heavy atom. The number of fused-ring (bicyclic) bond motifs is 1. The lowest BCUT2D eigenvalue weighted by atomic mass is 9.85. The summed E-state index contributed by atoms with van der Waals surface area (Å²) < 4.78 is 27.6. The van der Waals surface area contributed by atoms with Crippen LogP contribution >= 0.6 is 0 Å². The summed E-state index contributed by atoms with van der Waals surface area (Å²) in [5.74, 6) is 2.61. The third kappa shape index (κ3) is 7.52. The molecule has 11 heteroatoms. The summed E-state index contributed by atoms with van der Waals surface area (Å²) in [6.07, 6.45) is 1.64. The zero-order chi connectivity index (χ0) is 34.4. The van der Waals surface area contributed by atoms with Gasteiger partial charge < -0.3 is 39.6 Å². The average Bonchev–Trinajstić information content (AvgIpc) is 3.08. The van der Waals surface area contributed by atoms with E-state index in [9.17, 15) is 9.59 Å². The van der Waals surface area contributed by atoms with Gasteiger partial charge in [0.2, 0.25) is 0 Å². The van der Waals surface area contributed by atoms with Crippen molar-refractivity contribution in [2.24, 2.45) is 0 Å². The number of hydrogen-bond acceptors (Lipinski definition) is 9. The minimum Gasteiger partial charge on any atom is -0.497 e. The van der Waals surface area contributed by atoms with Crippen LogP contribution in [0.4, 0.5) is 27.7 Å². The second kappa shape index (κ2) is 14.2. The number of hydrogen-bond donors (Lipinski definition) is 3. The maximum absolute atomic E-state index is 13.4. The number of methoxy groups -OCH3 is 4. The van der Waals surface area contributed by atoms with Crippen LogP contribution in [0.3, 0.4) is 0 Å². The lowest BCUT2D eigenvalue weighted by Crippen LogP contribution is -2.22. The molecule has 5 aromatic rings. The minimum atomic E-state index is -0.569. The Balaban J connectivity index is 1.39. The number of nitrogens with one attached hydrogen (secondary N) is 3. The fourth-order valence-electron chi connectivity index (χ4n) is 5.08. The number of pyridine rings is 1. The van der Waals surface area contributed by atoms with E-state index >= 15 is 0 Å². The first-order chi connectivity index (χ1) is 23.0. The summed E-state index contributed by atoms with van der Waals surface area (Å²) in [4.78, 5) is 30.4. The molecule has 48 heavy (non-hydrogen) atoms. The monoisotopic (exact) mass is 650 g/mol. The highest BCUT2D eigenvalue weighted by atomic mass is 16.5. The van der Waals surface area contributed by atoms with Gasteiger partial charge in [0.1, 0.15) is 34.4 Å².